The van der Waals surface area contributed by atoms with Crippen LogP contribution < -0.4 is 5.32 Å². The molecule has 0 saturated carbocycles. The van der Waals surface area contributed by atoms with E-state index in [1.54, 1.807) is 25.2 Å². The van der Waals surface area contributed by atoms with E-state index in [1.807, 2.05) is 24.4 Å². The summed E-state index contributed by atoms with van der Waals surface area (Å²) in [7, 11) is 1.33. The van der Waals surface area contributed by atoms with Gasteiger partial charge in [0.05, 0.1) is 18.7 Å². The van der Waals surface area contributed by atoms with E-state index in [1.165, 1.54) is 7.11 Å². The van der Waals surface area contributed by atoms with Gasteiger partial charge in [-0.25, -0.2) is 4.79 Å². The van der Waals surface area contributed by atoms with Crippen LogP contribution in [0.4, 0.5) is 0 Å². The van der Waals surface area contributed by atoms with Gasteiger partial charge in [-0.15, -0.1) is 11.3 Å². The Morgan fingerprint density at radius 2 is 2.10 bits per heavy atom. The molecular weight excluding hydrogens is 288 g/mol. The molecule has 0 radical (unpaired) electrons. The minimum atomic E-state index is -0.438. The van der Waals surface area contributed by atoms with Crippen molar-refractivity contribution in [3.8, 4) is 0 Å². The van der Waals surface area contributed by atoms with Crippen LogP contribution in [-0.4, -0.2) is 24.0 Å². The Morgan fingerprint density at radius 3 is 2.67 bits per heavy atom. The van der Waals surface area contributed by atoms with Crippen LogP contribution in [0.2, 0.25) is 0 Å². The van der Waals surface area contributed by atoms with Gasteiger partial charge < -0.3 is 15.0 Å². The molecule has 21 heavy (non-hydrogen) atoms. The number of aromatic nitrogens is 1. The number of hydrogen-bond acceptors (Lipinski definition) is 4. The lowest BCUT2D eigenvalue weighted by molar-refractivity contribution is 0.0599. The maximum absolute atomic E-state index is 12.4. The van der Waals surface area contributed by atoms with Crippen molar-refractivity contribution in [2.24, 2.45) is 0 Å². The van der Waals surface area contributed by atoms with Crippen LogP contribution in [-0.2, 0) is 4.74 Å². The second kappa shape index (κ2) is 6.13. The summed E-state index contributed by atoms with van der Waals surface area (Å²) in [5.74, 6) is -0.668. The Balaban J connectivity index is 2.22. The minimum absolute atomic E-state index is 0.0814. The molecule has 0 fully saturated rings. The molecule has 0 spiro atoms. The van der Waals surface area contributed by atoms with Crippen molar-refractivity contribution in [2.45, 2.75) is 26.8 Å². The number of rotatable bonds is 4. The van der Waals surface area contributed by atoms with Crippen molar-refractivity contribution < 1.29 is 14.3 Å². The van der Waals surface area contributed by atoms with Crippen molar-refractivity contribution in [3.05, 3.63) is 44.9 Å². The molecule has 112 valence electrons. The molecule has 0 aromatic carbocycles. The number of ether oxygens (including phenoxy) is 1. The molecule has 0 unspecified atom stereocenters. The predicted molar refractivity (Wildman–Crippen MR) is 81.8 cm³/mol. The van der Waals surface area contributed by atoms with E-state index in [0.29, 0.717) is 22.5 Å². The Kier molecular flexibility index (Phi) is 4.47. The first-order chi connectivity index (χ1) is 9.95. The molecule has 2 N–H and O–H groups in total. The number of aromatic amines is 1. The number of nitrogens with one attached hydrogen (secondary N) is 2. The number of thiophene rings is 1. The van der Waals surface area contributed by atoms with Gasteiger partial charge in [0.2, 0.25) is 0 Å². The molecule has 0 aliphatic carbocycles. The number of hydrogen-bond donors (Lipinski definition) is 2. The lowest BCUT2D eigenvalue weighted by Gasteiger charge is -2.12. The summed E-state index contributed by atoms with van der Waals surface area (Å²) in [6, 6.07) is 3.84. The molecule has 2 heterocycles. The SMILES string of the molecule is COC(=O)c1c(C)[nH]c(C(=O)N[C@H](C)c2cccs2)c1C. The largest absolute Gasteiger partial charge is 0.465 e. The third-order valence-corrected chi connectivity index (χ3v) is 4.43. The summed E-state index contributed by atoms with van der Waals surface area (Å²) in [4.78, 5) is 28.1. The summed E-state index contributed by atoms with van der Waals surface area (Å²) in [6.07, 6.45) is 0. The van der Waals surface area contributed by atoms with Crippen molar-refractivity contribution >= 4 is 23.2 Å². The highest BCUT2D eigenvalue weighted by Gasteiger charge is 2.23. The number of esters is 1. The highest BCUT2D eigenvalue weighted by atomic mass is 32.1. The number of amides is 1. The second-order valence-electron chi connectivity index (χ2n) is 4.83. The fourth-order valence-corrected chi connectivity index (χ4v) is 3.00. The van der Waals surface area contributed by atoms with Crippen LogP contribution in [0, 0.1) is 13.8 Å². The van der Waals surface area contributed by atoms with Gasteiger partial charge in [-0.05, 0) is 37.8 Å². The van der Waals surface area contributed by atoms with Crippen LogP contribution in [0.15, 0.2) is 17.5 Å². The summed E-state index contributed by atoms with van der Waals surface area (Å²) in [5, 5.41) is 4.89. The van der Waals surface area contributed by atoms with Crippen molar-refractivity contribution in [3.63, 3.8) is 0 Å². The zero-order valence-electron chi connectivity index (χ0n) is 12.4. The van der Waals surface area contributed by atoms with Crippen molar-refractivity contribution in [1.82, 2.24) is 10.3 Å². The molecule has 0 saturated heterocycles. The summed E-state index contributed by atoms with van der Waals surface area (Å²) in [5.41, 5.74) is 2.06. The Hall–Kier alpha value is -2.08. The molecule has 2 aromatic heterocycles. The zero-order valence-corrected chi connectivity index (χ0v) is 13.3. The third-order valence-electron chi connectivity index (χ3n) is 3.37. The Labute approximate surface area is 127 Å². The van der Waals surface area contributed by atoms with Crippen LogP contribution >= 0.6 is 11.3 Å². The van der Waals surface area contributed by atoms with E-state index < -0.39 is 5.97 Å². The normalized spacial score (nSPS) is 12.0. The molecule has 6 heteroatoms. The van der Waals surface area contributed by atoms with Gasteiger partial charge in [-0.1, -0.05) is 6.07 Å². The fourth-order valence-electron chi connectivity index (χ4n) is 2.26. The van der Waals surface area contributed by atoms with Gasteiger partial charge in [0.1, 0.15) is 5.69 Å². The molecule has 0 aliphatic rings. The smallest absolute Gasteiger partial charge is 0.339 e. The van der Waals surface area contributed by atoms with Crippen molar-refractivity contribution in [1.29, 1.82) is 0 Å². The predicted octanol–water partition coefficient (Wildman–Crippen LogP) is 2.97. The maximum atomic E-state index is 12.4. The van der Waals surface area contributed by atoms with Crippen molar-refractivity contribution in [2.75, 3.05) is 7.11 Å². The fraction of sp³-hybridized carbons (Fsp3) is 0.333. The third kappa shape index (κ3) is 3.00. The summed E-state index contributed by atoms with van der Waals surface area (Å²) >= 11 is 1.59. The minimum Gasteiger partial charge on any atom is -0.465 e. The first-order valence-corrected chi connectivity index (χ1v) is 7.45. The quantitative estimate of drug-likeness (QED) is 0.853. The van der Waals surface area contributed by atoms with Gasteiger partial charge in [0, 0.05) is 10.6 Å². The lowest BCUT2D eigenvalue weighted by atomic mass is 10.1. The van der Waals surface area contributed by atoms with Gasteiger partial charge >= 0.3 is 5.97 Å². The Bertz CT molecular complexity index is 659. The maximum Gasteiger partial charge on any atom is 0.339 e. The first kappa shape index (κ1) is 15.3. The molecule has 2 rings (SSSR count). The number of aryl methyl sites for hydroxylation is 1. The van der Waals surface area contributed by atoms with Crippen LogP contribution in [0.25, 0.3) is 0 Å². The average Bonchev–Trinajstić information content (AvgIpc) is 3.06. The number of methoxy groups -OCH3 is 1. The van der Waals surface area contributed by atoms with E-state index in [4.69, 9.17) is 4.74 Å². The second-order valence-corrected chi connectivity index (χ2v) is 5.81. The van der Waals surface area contributed by atoms with E-state index in [-0.39, 0.29) is 11.9 Å². The monoisotopic (exact) mass is 306 g/mol. The van der Waals surface area contributed by atoms with E-state index >= 15 is 0 Å². The molecule has 0 bridgehead atoms. The molecule has 1 atom stereocenters. The molecule has 1 amide bonds. The highest BCUT2D eigenvalue weighted by molar-refractivity contribution is 7.10. The summed E-state index contributed by atoms with van der Waals surface area (Å²) < 4.78 is 4.74. The van der Waals surface area contributed by atoms with Gasteiger partial charge in [0.25, 0.3) is 5.91 Å². The molecular formula is C15H18N2O3S. The number of H-pyrrole nitrogens is 1. The lowest BCUT2D eigenvalue weighted by Crippen LogP contribution is -2.27. The van der Waals surface area contributed by atoms with E-state index in [0.717, 1.165) is 4.88 Å². The van der Waals surface area contributed by atoms with E-state index in [9.17, 15) is 9.59 Å². The molecule has 0 aliphatic heterocycles. The molecule has 5 nitrogen and oxygen atoms in total. The molecule has 2 aromatic rings. The average molecular weight is 306 g/mol. The zero-order chi connectivity index (χ0) is 15.6. The van der Waals surface area contributed by atoms with Gasteiger partial charge in [0.15, 0.2) is 0 Å². The van der Waals surface area contributed by atoms with Crippen LogP contribution in [0.1, 0.15) is 49.9 Å². The number of carbonyl (C=O) groups excluding carboxylic acids is 2. The van der Waals surface area contributed by atoms with Crippen LogP contribution in [0.3, 0.4) is 0 Å². The Morgan fingerprint density at radius 1 is 1.38 bits per heavy atom. The topological polar surface area (TPSA) is 71.2 Å². The van der Waals surface area contributed by atoms with Crippen LogP contribution in [0.5, 0.6) is 0 Å². The highest BCUT2D eigenvalue weighted by Crippen LogP contribution is 2.21. The van der Waals surface area contributed by atoms with E-state index in [2.05, 4.69) is 10.3 Å². The first-order valence-electron chi connectivity index (χ1n) is 6.57. The number of carbonyl (C=O) groups is 2. The summed E-state index contributed by atoms with van der Waals surface area (Å²) in [6.45, 7) is 5.41. The van der Waals surface area contributed by atoms with Gasteiger partial charge in [-0.2, -0.15) is 0 Å². The van der Waals surface area contributed by atoms with Gasteiger partial charge in [-0.3, -0.25) is 4.79 Å². The standard InChI is InChI=1S/C15H18N2O3S/c1-8-12(15(19)20-4)10(3)16-13(8)14(18)17-9(2)11-6-5-7-21-11/h5-7,9,16H,1-4H3,(H,17,18)/t9-/m1/s1.